The summed E-state index contributed by atoms with van der Waals surface area (Å²) >= 11 is 0. The molecule has 0 saturated carbocycles. The Bertz CT molecular complexity index is 879. The Morgan fingerprint density at radius 1 is 1.07 bits per heavy atom. The standard InChI is InChI=1S/C20H19FN2O4/c1-25-18-14-23(16-6-3-2-4-7-16)22-19(18)20(24)27-13-5-12-26-17-10-8-15(21)9-11-17/h2-4,6-11,14H,5,12-13H2,1H3. The number of para-hydroxylation sites is 1. The first-order chi connectivity index (χ1) is 13.2. The van der Waals surface area contributed by atoms with Gasteiger partial charge in [-0.2, -0.15) is 5.10 Å². The van der Waals surface area contributed by atoms with Gasteiger partial charge in [-0.1, -0.05) is 18.2 Å². The minimum atomic E-state index is -0.566. The lowest BCUT2D eigenvalue weighted by atomic mass is 10.3. The van der Waals surface area contributed by atoms with Crippen LogP contribution in [0.2, 0.25) is 0 Å². The van der Waals surface area contributed by atoms with E-state index >= 15 is 0 Å². The van der Waals surface area contributed by atoms with Crippen molar-refractivity contribution in [3.8, 4) is 17.2 Å². The van der Waals surface area contributed by atoms with Crippen molar-refractivity contribution >= 4 is 5.97 Å². The summed E-state index contributed by atoms with van der Waals surface area (Å²) in [7, 11) is 1.47. The molecule has 0 aliphatic heterocycles. The molecule has 0 saturated heterocycles. The largest absolute Gasteiger partial charge is 0.493 e. The highest BCUT2D eigenvalue weighted by atomic mass is 19.1. The zero-order chi connectivity index (χ0) is 19.1. The van der Waals surface area contributed by atoms with Crippen LogP contribution in [0.3, 0.4) is 0 Å². The molecule has 140 valence electrons. The van der Waals surface area contributed by atoms with Crippen molar-refractivity contribution < 1.29 is 23.4 Å². The van der Waals surface area contributed by atoms with Gasteiger partial charge in [0.15, 0.2) is 5.75 Å². The van der Waals surface area contributed by atoms with Crippen molar-refractivity contribution in [2.45, 2.75) is 6.42 Å². The Morgan fingerprint density at radius 3 is 2.52 bits per heavy atom. The minimum Gasteiger partial charge on any atom is -0.493 e. The van der Waals surface area contributed by atoms with Gasteiger partial charge in [0, 0.05) is 6.42 Å². The van der Waals surface area contributed by atoms with Crippen LogP contribution in [0.25, 0.3) is 5.69 Å². The van der Waals surface area contributed by atoms with Crippen molar-refractivity contribution in [3.63, 3.8) is 0 Å². The van der Waals surface area contributed by atoms with Gasteiger partial charge in [0.2, 0.25) is 5.69 Å². The van der Waals surface area contributed by atoms with E-state index in [9.17, 15) is 9.18 Å². The summed E-state index contributed by atoms with van der Waals surface area (Å²) in [4.78, 5) is 12.3. The van der Waals surface area contributed by atoms with Gasteiger partial charge in [0.05, 0.1) is 32.2 Å². The van der Waals surface area contributed by atoms with E-state index in [2.05, 4.69) is 5.10 Å². The summed E-state index contributed by atoms with van der Waals surface area (Å²) in [6, 6.07) is 15.1. The third-order valence-electron chi connectivity index (χ3n) is 3.72. The number of benzene rings is 2. The third-order valence-corrected chi connectivity index (χ3v) is 3.72. The Labute approximate surface area is 156 Å². The van der Waals surface area contributed by atoms with Crippen LogP contribution in [0.5, 0.6) is 11.5 Å². The first kappa shape index (κ1) is 18.4. The second kappa shape index (κ2) is 8.84. The average Bonchev–Trinajstić information content (AvgIpc) is 3.14. The van der Waals surface area contributed by atoms with E-state index in [0.717, 1.165) is 5.69 Å². The number of hydrogen-bond donors (Lipinski definition) is 0. The normalized spacial score (nSPS) is 10.4. The van der Waals surface area contributed by atoms with E-state index in [1.165, 1.54) is 19.2 Å². The van der Waals surface area contributed by atoms with Crippen molar-refractivity contribution in [2.24, 2.45) is 0 Å². The molecule has 0 radical (unpaired) electrons. The second-order valence-corrected chi connectivity index (χ2v) is 5.62. The molecule has 3 rings (SSSR count). The lowest BCUT2D eigenvalue weighted by Crippen LogP contribution is -2.11. The van der Waals surface area contributed by atoms with Crippen LogP contribution in [0.15, 0.2) is 60.8 Å². The minimum absolute atomic E-state index is 0.112. The molecule has 27 heavy (non-hydrogen) atoms. The predicted octanol–water partition coefficient (Wildman–Crippen LogP) is 3.65. The monoisotopic (exact) mass is 370 g/mol. The highest BCUT2D eigenvalue weighted by Crippen LogP contribution is 2.20. The van der Waals surface area contributed by atoms with Crippen LogP contribution in [-0.4, -0.2) is 36.1 Å². The van der Waals surface area contributed by atoms with E-state index in [1.54, 1.807) is 23.0 Å². The average molecular weight is 370 g/mol. The Kier molecular flexibility index (Phi) is 6.04. The predicted molar refractivity (Wildman–Crippen MR) is 96.9 cm³/mol. The fraction of sp³-hybridized carbons (Fsp3) is 0.200. The molecule has 0 aliphatic rings. The lowest BCUT2D eigenvalue weighted by Gasteiger charge is -2.07. The fourth-order valence-corrected chi connectivity index (χ4v) is 2.37. The van der Waals surface area contributed by atoms with Crippen LogP contribution < -0.4 is 9.47 Å². The molecule has 7 heteroatoms. The van der Waals surface area contributed by atoms with Gasteiger partial charge in [0.25, 0.3) is 0 Å². The number of carbonyl (C=O) groups excluding carboxylic acids is 1. The van der Waals surface area contributed by atoms with Crippen LogP contribution in [0, 0.1) is 5.82 Å². The van der Waals surface area contributed by atoms with Gasteiger partial charge in [-0.25, -0.2) is 13.9 Å². The molecule has 0 bridgehead atoms. The lowest BCUT2D eigenvalue weighted by molar-refractivity contribution is 0.0475. The van der Waals surface area contributed by atoms with Crippen molar-refractivity contribution in [3.05, 3.63) is 72.3 Å². The summed E-state index contributed by atoms with van der Waals surface area (Å²) in [5.74, 6) is 0.0147. The zero-order valence-corrected chi connectivity index (χ0v) is 14.8. The number of methoxy groups -OCH3 is 1. The molecule has 1 heterocycles. The smallest absolute Gasteiger partial charge is 0.362 e. The first-order valence-corrected chi connectivity index (χ1v) is 8.42. The number of rotatable bonds is 8. The molecule has 0 N–H and O–H groups in total. The zero-order valence-electron chi connectivity index (χ0n) is 14.8. The maximum atomic E-state index is 12.8. The van der Waals surface area contributed by atoms with E-state index < -0.39 is 5.97 Å². The number of carbonyl (C=O) groups is 1. The summed E-state index contributed by atoms with van der Waals surface area (Å²) in [5, 5.41) is 4.26. The molecule has 0 atom stereocenters. The van der Waals surface area contributed by atoms with Crippen LogP contribution in [0.4, 0.5) is 4.39 Å². The number of esters is 1. The first-order valence-electron chi connectivity index (χ1n) is 8.42. The van der Waals surface area contributed by atoms with Crippen LogP contribution in [0.1, 0.15) is 16.9 Å². The van der Waals surface area contributed by atoms with Crippen LogP contribution in [-0.2, 0) is 4.74 Å². The molecule has 2 aromatic carbocycles. The highest BCUT2D eigenvalue weighted by molar-refractivity contribution is 5.90. The van der Waals surface area contributed by atoms with E-state index in [0.29, 0.717) is 24.5 Å². The Morgan fingerprint density at radius 2 is 1.81 bits per heavy atom. The van der Waals surface area contributed by atoms with Gasteiger partial charge in [-0.15, -0.1) is 0 Å². The molecule has 0 aliphatic carbocycles. The van der Waals surface area contributed by atoms with Gasteiger partial charge in [-0.3, -0.25) is 0 Å². The molecule has 1 aromatic heterocycles. The van der Waals surface area contributed by atoms with E-state index in [4.69, 9.17) is 14.2 Å². The summed E-state index contributed by atoms with van der Waals surface area (Å²) < 4.78 is 30.3. The van der Waals surface area contributed by atoms with Crippen molar-refractivity contribution in [2.75, 3.05) is 20.3 Å². The van der Waals surface area contributed by atoms with Crippen LogP contribution >= 0.6 is 0 Å². The maximum absolute atomic E-state index is 12.8. The van der Waals surface area contributed by atoms with E-state index in [1.807, 2.05) is 30.3 Å². The number of ether oxygens (including phenoxy) is 3. The molecule has 3 aromatic rings. The third kappa shape index (κ3) is 4.84. The van der Waals surface area contributed by atoms with Crippen molar-refractivity contribution in [1.29, 1.82) is 0 Å². The van der Waals surface area contributed by atoms with Gasteiger partial charge in [0.1, 0.15) is 11.6 Å². The molecular weight excluding hydrogens is 351 g/mol. The fourth-order valence-electron chi connectivity index (χ4n) is 2.37. The molecule has 6 nitrogen and oxygen atoms in total. The van der Waals surface area contributed by atoms with Gasteiger partial charge >= 0.3 is 5.97 Å². The van der Waals surface area contributed by atoms with Crippen molar-refractivity contribution in [1.82, 2.24) is 9.78 Å². The maximum Gasteiger partial charge on any atom is 0.362 e. The molecule has 0 unspecified atom stereocenters. The molecule has 0 fully saturated rings. The molecule has 0 spiro atoms. The number of nitrogens with zero attached hydrogens (tertiary/aromatic N) is 2. The second-order valence-electron chi connectivity index (χ2n) is 5.62. The molecular formula is C20H19FN2O4. The van der Waals surface area contributed by atoms with Gasteiger partial charge in [-0.05, 0) is 36.4 Å². The highest BCUT2D eigenvalue weighted by Gasteiger charge is 2.19. The van der Waals surface area contributed by atoms with Gasteiger partial charge < -0.3 is 14.2 Å². The number of aromatic nitrogens is 2. The summed E-state index contributed by atoms with van der Waals surface area (Å²) in [5.41, 5.74) is 0.920. The Hall–Kier alpha value is -3.35. The topological polar surface area (TPSA) is 62.6 Å². The summed E-state index contributed by atoms with van der Waals surface area (Å²) in [6.07, 6.45) is 2.12. The number of halogens is 1. The van der Waals surface area contributed by atoms with E-state index in [-0.39, 0.29) is 18.1 Å². The summed E-state index contributed by atoms with van der Waals surface area (Å²) in [6.45, 7) is 0.510. The Balaban J connectivity index is 1.52. The SMILES string of the molecule is COc1cn(-c2ccccc2)nc1C(=O)OCCCOc1ccc(F)cc1. The quantitative estimate of drug-likeness (QED) is 0.447. The molecule has 0 amide bonds. The number of hydrogen-bond acceptors (Lipinski definition) is 5.